The molecule has 0 radical (unpaired) electrons. The predicted octanol–water partition coefficient (Wildman–Crippen LogP) is 5.15. The summed E-state index contributed by atoms with van der Waals surface area (Å²) in [6, 6.07) is 14.7. The summed E-state index contributed by atoms with van der Waals surface area (Å²) in [7, 11) is 0. The summed E-state index contributed by atoms with van der Waals surface area (Å²) in [5.74, 6) is 0.981. The van der Waals surface area contributed by atoms with Crippen LogP contribution in [0.1, 0.15) is 62.6 Å². The fraction of sp³-hybridized carbons (Fsp3) is 0.370. The number of nitrogens with zero attached hydrogens (tertiary/aromatic N) is 4. The van der Waals surface area contributed by atoms with Crippen molar-refractivity contribution in [3.8, 4) is 0 Å². The molecule has 9 heteroatoms. The minimum atomic E-state index is -0.450. The van der Waals surface area contributed by atoms with E-state index in [-0.39, 0.29) is 11.9 Å². The Morgan fingerprint density at radius 2 is 1.78 bits per heavy atom. The van der Waals surface area contributed by atoms with Crippen LogP contribution in [0.15, 0.2) is 48.5 Å². The second kappa shape index (κ2) is 10.7. The highest BCUT2D eigenvalue weighted by molar-refractivity contribution is 6.06. The van der Waals surface area contributed by atoms with Gasteiger partial charge in [0.05, 0.1) is 11.0 Å². The van der Waals surface area contributed by atoms with Crippen LogP contribution in [0, 0.1) is 6.92 Å². The Kier molecular flexibility index (Phi) is 7.47. The summed E-state index contributed by atoms with van der Waals surface area (Å²) in [6.07, 6.45) is 2.95. The Morgan fingerprint density at radius 1 is 1.00 bits per heavy atom. The van der Waals surface area contributed by atoms with E-state index in [0.717, 1.165) is 36.0 Å². The van der Waals surface area contributed by atoms with Gasteiger partial charge in [0.15, 0.2) is 5.82 Å². The summed E-state index contributed by atoms with van der Waals surface area (Å²) >= 11 is 0. The number of hydrogen-bond acceptors (Lipinski definition) is 7. The van der Waals surface area contributed by atoms with Crippen molar-refractivity contribution < 1.29 is 14.3 Å². The predicted molar refractivity (Wildman–Crippen MR) is 140 cm³/mol. The molecule has 4 rings (SSSR count). The largest absolute Gasteiger partial charge is 0.460 e. The fourth-order valence-corrected chi connectivity index (χ4v) is 3.93. The number of para-hydroxylation sites is 1. The number of carbonyl (C=O) groups is 2. The molecule has 1 amide bonds. The Balaban J connectivity index is 1.43. The van der Waals surface area contributed by atoms with E-state index in [4.69, 9.17) is 9.72 Å². The Bertz CT molecular complexity index is 1380. The third kappa shape index (κ3) is 6.16. The number of carbonyl (C=O) groups excluding carboxylic acids is 2. The fourth-order valence-electron chi connectivity index (χ4n) is 3.93. The highest BCUT2D eigenvalue weighted by atomic mass is 16.6. The van der Waals surface area contributed by atoms with Crippen LogP contribution < -0.4 is 10.6 Å². The molecule has 2 heterocycles. The van der Waals surface area contributed by atoms with E-state index in [0.29, 0.717) is 35.8 Å². The number of fused-ring (bicyclic) bond motifs is 3. The molecular weight excluding hydrogens is 456 g/mol. The first-order chi connectivity index (χ1) is 17.2. The van der Waals surface area contributed by atoms with Gasteiger partial charge in [-0.05, 0) is 70.9 Å². The van der Waals surface area contributed by atoms with E-state index < -0.39 is 5.60 Å². The summed E-state index contributed by atoms with van der Waals surface area (Å²) in [5.41, 5.74) is 2.90. The second-order valence-corrected chi connectivity index (χ2v) is 9.71. The maximum Gasteiger partial charge on any atom is 0.306 e. The summed E-state index contributed by atoms with van der Waals surface area (Å²) in [5, 5.41) is 14.8. The smallest absolute Gasteiger partial charge is 0.306 e. The monoisotopic (exact) mass is 488 g/mol. The molecule has 0 fully saturated rings. The Morgan fingerprint density at radius 3 is 2.53 bits per heavy atom. The van der Waals surface area contributed by atoms with E-state index >= 15 is 0 Å². The molecule has 9 nitrogen and oxygen atoms in total. The average Bonchev–Trinajstić information content (AvgIpc) is 3.22. The van der Waals surface area contributed by atoms with Crippen LogP contribution in [0.3, 0.4) is 0 Å². The van der Waals surface area contributed by atoms with Gasteiger partial charge < -0.3 is 15.4 Å². The number of unbranched alkanes of at least 4 members (excludes halogenated alkanes) is 2. The number of rotatable bonds is 9. The quantitative estimate of drug-likeness (QED) is 0.247. The number of anilines is 2. The molecule has 0 bridgehead atoms. The number of ether oxygens (including phenoxy) is 1. The molecule has 2 aromatic heterocycles. The van der Waals surface area contributed by atoms with Crippen LogP contribution >= 0.6 is 0 Å². The van der Waals surface area contributed by atoms with Crippen LogP contribution in [0.5, 0.6) is 0 Å². The van der Waals surface area contributed by atoms with Crippen LogP contribution in [0.4, 0.5) is 11.5 Å². The molecule has 0 unspecified atom stereocenters. The van der Waals surface area contributed by atoms with Gasteiger partial charge in [-0.3, -0.25) is 14.0 Å². The zero-order valence-corrected chi connectivity index (χ0v) is 21.2. The van der Waals surface area contributed by atoms with Gasteiger partial charge in [-0.15, -0.1) is 10.2 Å². The minimum Gasteiger partial charge on any atom is -0.460 e. The molecular formula is C27H32N6O3. The van der Waals surface area contributed by atoms with Crippen molar-refractivity contribution in [3.63, 3.8) is 0 Å². The lowest BCUT2D eigenvalue weighted by Gasteiger charge is -2.19. The molecule has 0 atom stereocenters. The van der Waals surface area contributed by atoms with Gasteiger partial charge in [-0.2, -0.15) is 0 Å². The van der Waals surface area contributed by atoms with E-state index in [1.807, 2.05) is 74.6 Å². The van der Waals surface area contributed by atoms with Crippen molar-refractivity contribution in [1.29, 1.82) is 0 Å². The van der Waals surface area contributed by atoms with Crippen molar-refractivity contribution >= 4 is 40.1 Å². The Hall–Kier alpha value is -4.01. The van der Waals surface area contributed by atoms with Gasteiger partial charge in [0.2, 0.25) is 5.65 Å². The maximum atomic E-state index is 12.8. The molecule has 0 saturated heterocycles. The number of esters is 1. The summed E-state index contributed by atoms with van der Waals surface area (Å²) < 4.78 is 7.26. The molecule has 2 aromatic carbocycles. The third-order valence-corrected chi connectivity index (χ3v) is 5.55. The molecule has 0 aliphatic rings. The van der Waals surface area contributed by atoms with E-state index in [9.17, 15) is 9.59 Å². The standard InChI is InChI=1S/C27H32N6O3/c1-18-31-32-25-24(28-16-10-6-9-13-23(34)36-27(2,3)4)30-21-15-14-19(17-22(21)33(18)25)26(35)29-20-11-7-5-8-12-20/h5,7-8,11-12,14-15,17H,6,9-10,13,16H2,1-4H3,(H,28,30)(H,29,35). The number of amides is 1. The topological polar surface area (TPSA) is 111 Å². The van der Waals surface area contributed by atoms with E-state index in [1.165, 1.54) is 0 Å². The zero-order valence-electron chi connectivity index (χ0n) is 21.2. The molecule has 0 aliphatic heterocycles. The first-order valence-corrected chi connectivity index (χ1v) is 12.2. The lowest BCUT2D eigenvalue weighted by atomic mass is 10.1. The summed E-state index contributed by atoms with van der Waals surface area (Å²) in [6.45, 7) is 8.18. The minimum absolute atomic E-state index is 0.163. The summed E-state index contributed by atoms with van der Waals surface area (Å²) in [4.78, 5) is 29.4. The zero-order chi connectivity index (χ0) is 25.7. The van der Waals surface area contributed by atoms with Crippen molar-refractivity contribution in [2.24, 2.45) is 0 Å². The third-order valence-electron chi connectivity index (χ3n) is 5.55. The van der Waals surface area contributed by atoms with Crippen molar-refractivity contribution in [1.82, 2.24) is 19.6 Å². The highest BCUT2D eigenvalue weighted by Gasteiger charge is 2.17. The van der Waals surface area contributed by atoms with E-state index in [2.05, 4.69) is 20.8 Å². The molecule has 4 aromatic rings. The molecule has 0 aliphatic carbocycles. The molecule has 0 saturated carbocycles. The van der Waals surface area contributed by atoms with Gasteiger partial charge in [-0.1, -0.05) is 24.6 Å². The van der Waals surface area contributed by atoms with E-state index in [1.54, 1.807) is 6.07 Å². The van der Waals surface area contributed by atoms with Crippen LogP contribution in [-0.2, 0) is 9.53 Å². The number of aromatic nitrogens is 4. The van der Waals surface area contributed by atoms with Crippen molar-refractivity contribution in [3.05, 3.63) is 59.9 Å². The molecule has 36 heavy (non-hydrogen) atoms. The van der Waals surface area contributed by atoms with Crippen LogP contribution in [0.25, 0.3) is 16.7 Å². The van der Waals surface area contributed by atoms with Crippen LogP contribution in [0.2, 0.25) is 0 Å². The normalized spacial score (nSPS) is 11.6. The van der Waals surface area contributed by atoms with Gasteiger partial charge in [0, 0.05) is 24.2 Å². The molecule has 2 N–H and O–H groups in total. The van der Waals surface area contributed by atoms with Gasteiger partial charge in [0.25, 0.3) is 5.91 Å². The maximum absolute atomic E-state index is 12.8. The van der Waals surface area contributed by atoms with Gasteiger partial charge in [0.1, 0.15) is 11.4 Å². The van der Waals surface area contributed by atoms with Gasteiger partial charge in [-0.25, -0.2) is 4.98 Å². The van der Waals surface area contributed by atoms with Crippen molar-refractivity contribution in [2.45, 2.75) is 59.0 Å². The number of hydrogen-bond donors (Lipinski definition) is 2. The van der Waals surface area contributed by atoms with Crippen molar-refractivity contribution in [2.75, 3.05) is 17.2 Å². The second-order valence-electron chi connectivity index (χ2n) is 9.71. The molecule has 0 spiro atoms. The molecule has 188 valence electrons. The first kappa shape index (κ1) is 25.1. The number of nitrogens with one attached hydrogen (secondary N) is 2. The number of aryl methyl sites for hydroxylation is 1. The first-order valence-electron chi connectivity index (χ1n) is 12.2. The van der Waals surface area contributed by atoms with Crippen LogP contribution in [-0.4, -0.2) is 43.6 Å². The average molecular weight is 489 g/mol. The SMILES string of the molecule is Cc1nnc2c(NCCCCCC(=O)OC(C)(C)C)nc3ccc(C(=O)Nc4ccccc4)cc3n12. The lowest BCUT2D eigenvalue weighted by molar-refractivity contribution is -0.154. The van der Waals surface area contributed by atoms with Gasteiger partial charge >= 0.3 is 5.97 Å². The Labute approximate surface area is 210 Å². The number of benzene rings is 2. The highest BCUT2D eigenvalue weighted by Crippen LogP contribution is 2.23. The lowest BCUT2D eigenvalue weighted by Crippen LogP contribution is -2.23.